The lowest BCUT2D eigenvalue weighted by Gasteiger charge is -2.20. The molecule has 0 aliphatic rings. The molecule has 2 atom stereocenters. The normalized spacial score (nSPS) is 14.3. The van der Waals surface area contributed by atoms with Crippen molar-refractivity contribution in [1.29, 1.82) is 0 Å². The van der Waals surface area contributed by atoms with Crippen LogP contribution in [0.5, 0.6) is 0 Å². The lowest BCUT2D eigenvalue weighted by molar-refractivity contribution is -0.140. The lowest BCUT2D eigenvalue weighted by Crippen LogP contribution is -2.41. The summed E-state index contributed by atoms with van der Waals surface area (Å²) < 4.78 is 0. The Morgan fingerprint density at radius 1 is 1.47 bits per heavy atom. The second-order valence-corrected chi connectivity index (χ2v) is 4.58. The van der Waals surface area contributed by atoms with Gasteiger partial charge in [-0.15, -0.1) is 0 Å². The largest absolute Gasteiger partial charge is 0.480 e. The van der Waals surface area contributed by atoms with Gasteiger partial charge in [0.1, 0.15) is 6.04 Å². The molecule has 1 aromatic carbocycles. The Hall–Kier alpha value is -1.06. The maximum absolute atomic E-state index is 11.1. The molecular weight excluding hydrogens is 238 g/mol. The maximum Gasteiger partial charge on any atom is 0.320 e. The minimum Gasteiger partial charge on any atom is -0.480 e. The van der Waals surface area contributed by atoms with E-state index in [1.165, 1.54) is 0 Å². The molecule has 0 fully saturated rings. The number of carbonyl (C=O) groups is 1. The highest BCUT2D eigenvalue weighted by Crippen LogP contribution is 2.16. The van der Waals surface area contributed by atoms with Crippen LogP contribution in [0.25, 0.3) is 0 Å². The highest BCUT2D eigenvalue weighted by atomic mass is 35.5. The van der Waals surface area contributed by atoms with E-state index in [0.29, 0.717) is 11.6 Å². The third kappa shape index (κ3) is 4.02. The molecule has 4 heteroatoms. The Bertz CT molecular complexity index is 381. The molecule has 17 heavy (non-hydrogen) atoms. The number of carboxylic acid groups (broad SMARTS) is 1. The predicted octanol–water partition coefficient (Wildman–Crippen LogP) is 2.93. The van der Waals surface area contributed by atoms with Crippen molar-refractivity contribution in [3.05, 3.63) is 34.9 Å². The molecule has 1 rings (SSSR count). The second-order valence-electron chi connectivity index (χ2n) is 4.17. The maximum atomic E-state index is 11.1. The van der Waals surface area contributed by atoms with Crippen LogP contribution in [-0.2, 0) is 11.3 Å². The van der Waals surface area contributed by atoms with Crippen molar-refractivity contribution < 1.29 is 9.90 Å². The molecule has 3 nitrogen and oxygen atoms in total. The van der Waals surface area contributed by atoms with Crippen molar-refractivity contribution in [1.82, 2.24) is 5.32 Å². The summed E-state index contributed by atoms with van der Waals surface area (Å²) in [6, 6.07) is 6.91. The van der Waals surface area contributed by atoms with Gasteiger partial charge in [-0.1, -0.05) is 50.1 Å². The van der Waals surface area contributed by atoms with E-state index in [1.54, 1.807) is 6.07 Å². The van der Waals surface area contributed by atoms with Crippen molar-refractivity contribution in [2.24, 2.45) is 5.92 Å². The minimum absolute atomic E-state index is 0.0926. The molecule has 2 N–H and O–H groups in total. The highest BCUT2D eigenvalue weighted by molar-refractivity contribution is 6.31. The van der Waals surface area contributed by atoms with E-state index in [2.05, 4.69) is 5.32 Å². The van der Waals surface area contributed by atoms with Gasteiger partial charge in [0.05, 0.1) is 0 Å². The van der Waals surface area contributed by atoms with E-state index in [-0.39, 0.29) is 5.92 Å². The monoisotopic (exact) mass is 255 g/mol. The van der Waals surface area contributed by atoms with Crippen LogP contribution in [0.4, 0.5) is 0 Å². The van der Waals surface area contributed by atoms with E-state index in [0.717, 1.165) is 12.0 Å². The summed E-state index contributed by atoms with van der Waals surface area (Å²) in [5, 5.41) is 12.8. The molecule has 0 heterocycles. The van der Waals surface area contributed by atoms with Crippen molar-refractivity contribution >= 4 is 17.6 Å². The van der Waals surface area contributed by atoms with Crippen LogP contribution >= 0.6 is 11.6 Å². The molecule has 2 unspecified atom stereocenters. The number of hydrogen-bond donors (Lipinski definition) is 2. The van der Waals surface area contributed by atoms with Gasteiger partial charge >= 0.3 is 5.97 Å². The van der Waals surface area contributed by atoms with Gasteiger partial charge in [-0.3, -0.25) is 4.79 Å². The molecule has 0 spiro atoms. The molecular formula is C13H18ClNO2. The fraction of sp³-hybridized carbons (Fsp3) is 0.462. The third-order valence-corrected chi connectivity index (χ3v) is 3.32. The van der Waals surface area contributed by atoms with Crippen LogP contribution in [0.2, 0.25) is 5.02 Å². The predicted molar refractivity (Wildman–Crippen MR) is 69.2 cm³/mol. The Balaban J connectivity index is 2.64. The summed E-state index contributed by atoms with van der Waals surface area (Å²) in [6.45, 7) is 4.39. The van der Waals surface area contributed by atoms with E-state index >= 15 is 0 Å². The van der Waals surface area contributed by atoms with Crippen molar-refractivity contribution in [2.75, 3.05) is 0 Å². The summed E-state index contributed by atoms with van der Waals surface area (Å²) in [5.74, 6) is -0.721. The summed E-state index contributed by atoms with van der Waals surface area (Å²) in [6.07, 6.45) is 0.826. The summed E-state index contributed by atoms with van der Waals surface area (Å²) in [5.41, 5.74) is 0.920. The average Bonchev–Trinajstić information content (AvgIpc) is 2.30. The Kier molecular flexibility index (Phi) is 5.45. The Morgan fingerprint density at radius 3 is 2.65 bits per heavy atom. The zero-order chi connectivity index (χ0) is 12.8. The highest BCUT2D eigenvalue weighted by Gasteiger charge is 2.22. The molecule has 0 aromatic heterocycles. The first-order valence-electron chi connectivity index (χ1n) is 5.75. The van der Waals surface area contributed by atoms with Crippen LogP contribution in [0.3, 0.4) is 0 Å². The van der Waals surface area contributed by atoms with Gasteiger partial charge in [0.15, 0.2) is 0 Å². The van der Waals surface area contributed by atoms with E-state index in [4.69, 9.17) is 16.7 Å². The van der Waals surface area contributed by atoms with Crippen LogP contribution in [0.1, 0.15) is 25.8 Å². The van der Waals surface area contributed by atoms with Crippen LogP contribution < -0.4 is 5.32 Å². The van der Waals surface area contributed by atoms with E-state index < -0.39 is 12.0 Å². The molecule has 1 aromatic rings. The van der Waals surface area contributed by atoms with Crippen LogP contribution in [-0.4, -0.2) is 17.1 Å². The minimum atomic E-state index is -0.814. The van der Waals surface area contributed by atoms with Gasteiger partial charge in [0.2, 0.25) is 0 Å². The first-order chi connectivity index (χ1) is 8.06. The smallest absolute Gasteiger partial charge is 0.320 e. The quantitative estimate of drug-likeness (QED) is 0.822. The van der Waals surface area contributed by atoms with Crippen molar-refractivity contribution in [2.45, 2.75) is 32.9 Å². The molecule has 0 saturated carbocycles. The Morgan fingerprint density at radius 2 is 2.12 bits per heavy atom. The van der Waals surface area contributed by atoms with Gasteiger partial charge in [-0.25, -0.2) is 0 Å². The molecule has 0 radical (unpaired) electrons. The summed E-state index contributed by atoms with van der Waals surface area (Å²) in [7, 11) is 0. The van der Waals surface area contributed by atoms with E-state index in [1.807, 2.05) is 32.0 Å². The number of aliphatic carboxylic acids is 1. The fourth-order valence-corrected chi connectivity index (χ4v) is 1.83. The van der Waals surface area contributed by atoms with Crippen LogP contribution in [0.15, 0.2) is 24.3 Å². The van der Waals surface area contributed by atoms with Gasteiger partial charge < -0.3 is 10.4 Å². The van der Waals surface area contributed by atoms with Crippen LogP contribution in [0, 0.1) is 5.92 Å². The number of benzene rings is 1. The molecule has 0 amide bonds. The number of halogens is 1. The number of carboxylic acids is 1. The zero-order valence-electron chi connectivity index (χ0n) is 10.1. The molecule has 0 saturated heterocycles. The summed E-state index contributed by atoms with van der Waals surface area (Å²) >= 11 is 6.01. The first kappa shape index (κ1) is 14.0. The zero-order valence-corrected chi connectivity index (χ0v) is 10.9. The first-order valence-corrected chi connectivity index (χ1v) is 6.13. The third-order valence-electron chi connectivity index (χ3n) is 2.95. The number of rotatable bonds is 6. The fourth-order valence-electron chi connectivity index (χ4n) is 1.63. The number of hydrogen-bond acceptors (Lipinski definition) is 2. The Labute approximate surface area is 107 Å². The summed E-state index contributed by atoms with van der Waals surface area (Å²) in [4.78, 5) is 11.1. The lowest BCUT2D eigenvalue weighted by atomic mass is 9.99. The van der Waals surface area contributed by atoms with Gasteiger partial charge in [-0.2, -0.15) is 0 Å². The molecule has 0 aliphatic carbocycles. The van der Waals surface area contributed by atoms with Crippen molar-refractivity contribution in [3.63, 3.8) is 0 Å². The number of nitrogens with one attached hydrogen (secondary N) is 1. The molecule has 0 bridgehead atoms. The average molecular weight is 256 g/mol. The SMILES string of the molecule is CCC(C)C(NCc1ccccc1Cl)C(=O)O. The standard InChI is InChI=1S/C13H18ClNO2/c1-3-9(2)12(13(16)17)15-8-10-6-4-5-7-11(10)14/h4-7,9,12,15H,3,8H2,1-2H3,(H,16,17). The second kappa shape index (κ2) is 6.62. The van der Waals surface area contributed by atoms with Crippen molar-refractivity contribution in [3.8, 4) is 0 Å². The topological polar surface area (TPSA) is 49.3 Å². The molecule has 0 aliphatic heterocycles. The van der Waals surface area contributed by atoms with Gasteiger partial charge in [0.25, 0.3) is 0 Å². The van der Waals surface area contributed by atoms with Gasteiger partial charge in [0, 0.05) is 11.6 Å². The van der Waals surface area contributed by atoms with E-state index in [9.17, 15) is 4.79 Å². The van der Waals surface area contributed by atoms with Gasteiger partial charge in [-0.05, 0) is 17.5 Å². The molecule has 94 valence electrons.